The summed E-state index contributed by atoms with van der Waals surface area (Å²) in [4.78, 5) is 3.59. The second kappa shape index (κ2) is 4.32. The van der Waals surface area contributed by atoms with Crippen LogP contribution in [0.15, 0.2) is 6.20 Å². The van der Waals surface area contributed by atoms with Gasteiger partial charge in [0.2, 0.25) is 0 Å². The quantitative estimate of drug-likeness (QED) is 0.635. The summed E-state index contributed by atoms with van der Waals surface area (Å²) in [6.45, 7) is 0. The van der Waals surface area contributed by atoms with Gasteiger partial charge in [-0.25, -0.2) is 8.78 Å². The van der Waals surface area contributed by atoms with Crippen LogP contribution in [0.25, 0.3) is 0 Å². The molecule has 0 spiro atoms. The molecule has 0 radical (unpaired) electrons. The van der Waals surface area contributed by atoms with E-state index in [4.69, 9.17) is 11.6 Å². The number of hydrogen-bond acceptors (Lipinski definition) is 1. The summed E-state index contributed by atoms with van der Waals surface area (Å²) < 4.78 is 25.4. The lowest BCUT2D eigenvalue weighted by atomic mass is 10.4. The van der Waals surface area contributed by atoms with Crippen molar-refractivity contribution in [3.8, 4) is 0 Å². The van der Waals surface area contributed by atoms with Gasteiger partial charge in [0, 0.05) is 6.20 Å². The maximum atomic E-state index is 12.2. The molecule has 12 heavy (non-hydrogen) atoms. The molecule has 0 unspecified atom stereocenters. The van der Waals surface area contributed by atoms with E-state index in [9.17, 15) is 8.78 Å². The third-order valence-corrected chi connectivity index (χ3v) is 4.09. The van der Waals surface area contributed by atoms with Gasteiger partial charge in [0.25, 0.3) is 6.43 Å². The molecular formula is C6H2ClF2I2N. The van der Waals surface area contributed by atoms with Gasteiger partial charge in [-0.2, -0.15) is 0 Å². The molecule has 66 valence electrons. The van der Waals surface area contributed by atoms with E-state index >= 15 is 0 Å². The number of rotatable bonds is 1. The topological polar surface area (TPSA) is 12.9 Å². The van der Waals surface area contributed by atoms with Crippen molar-refractivity contribution in [3.05, 3.63) is 24.1 Å². The summed E-state index contributed by atoms with van der Waals surface area (Å²) in [7, 11) is 0. The Balaban J connectivity index is 3.27. The maximum Gasteiger partial charge on any atom is 0.281 e. The van der Waals surface area contributed by atoms with Gasteiger partial charge in [0.1, 0.15) is 5.69 Å². The lowest BCUT2D eigenvalue weighted by Crippen LogP contribution is -1.96. The predicted molar refractivity (Wildman–Crippen MR) is 59.6 cm³/mol. The van der Waals surface area contributed by atoms with Crippen molar-refractivity contribution in [2.45, 2.75) is 6.43 Å². The van der Waals surface area contributed by atoms with Crippen molar-refractivity contribution >= 4 is 56.8 Å². The van der Waals surface area contributed by atoms with Crippen molar-refractivity contribution in [2.75, 3.05) is 0 Å². The summed E-state index contributed by atoms with van der Waals surface area (Å²) in [5.74, 6) is 0. The molecule has 0 amide bonds. The monoisotopic (exact) mass is 415 g/mol. The van der Waals surface area contributed by atoms with Gasteiger partial charge in [-0.3, -0.25) is 4.98 Å². The molecule has 1 heterocycles. The van der Waals surface area contributed by atoms with Crippen LogP contribution in [0.2, 0.25) is 5.02 Å². The van der Waals surface area contributed by atoms with E-state index < -0.39 is 6.43 Å². The molecule has 6 heteroatoms. The Kier molecular flexibility index (Phi) is 3.90. The van der Waals surface area contributed by atoms with Crippen molar-refractivity contribution in [1.82, 2.24) is 4.98 Å². The fraction of sp³-hybridized carbons (Fsp3) is 0.167. The fourth-order valence-electron chi connectivity index (χ4n) is 0.609. The maximum absolute atomic E-state index is 12.2. The van der Waals surface area contributed by atoms with Crippen molar-refractivity contribution in [1.29, 1.82) is 0 Å². The Labute approximate surface area is 100 Å². The number of halogens is 5. The van der Waals surface area contributed by atoms with E-state index in [0.717, 1.165) is 0 Å². The molecular weight excluding hydrogens is 413 g/mol. The molecule has 0 aliphatic rings. The van der Waals surface area contributed by atoms with Crippen LogP contribution in [0.5, 0.6) is 0 Å². The molecule has 0 aliphatic heterocycles. The van der Waals surface area contributed by atoms with Gasteiger partial charge in [-0.15, -0.1) is 0 Å². The van der Waals surface area contributed by atoms with Crippen molar-refractivity contribution in [2.24, 2.45) is 0 Å². The van der Waals surface area contributed by atoms with E-state index in [2.05, 4.69) is 4.98 Å². The molecule has 0 saturated heterocycles. The lowest BCUT2D eigenvalue weighted by Gasteiger charge is -2.04. The average molecular weight is 415 g/mol. The molecule has 0 fully saturated rings. The Morgan fingerprint density at radius 3 is 2.50 bits per heavy atom. The Hall–Kier alpha value is 0.760. The molecule has 1 rings (SSSR count). The highest BCUT2D eigenvalue weighted by Crippen LogP contribution is 2.30. The molecule has 0 saturated carbocycles. The van der Waals surface area contributed by atoms with Crippen LogP contribution >= 0.6 is 56.8 Å². The highest BCUT2D eigenvalue weighted by atomic mass is 127. The Bertz CT molecular complexity index is 306. The smallest absolute Gasteiger partial charge is 0.253 e. The summed E-state index contributed by atoms with van der Waals surface area (Å²) >= 11 is 9.45. The van der Waals surface area contributed by atoms with Crippen molar-refractivity contribution in [3.63, 3.8) is 0 Å². The summed E-state index contributed by atoms with van der Waals surface area (Å²) in [5.41, 5.74) is -0.249. The van der Waals surface area contributed by atoms with Crippen LogP contribution in [0.3, 0.4) is 0 Å². The SMILES string of the molecule is FC(F)c1ncc(I)c(Cl)c1I. The Morgan fingerprint density at radius 1 is 1.42 bits per heavy atom. The Morgan fingerprint density at radius 2 is 2.00 bits per heavy atom. The normalized spacial score (nSPS) is 10.8. The number of pyridine rings is 1. The van der Waals surface area contributed by atoms with Gasteiger partial charge < -0.3 is 0 Å². The molecule has 1 aromatic heterocycles. The first-order valence-corrected chi connectivity index (χ1v) is 5.35. The molecule has 1 nitrogen and oxygen atoms in total. The van der Waals surface area contributed by atoms with E-state index in [1.54, 1.807) is 22.6 Å². The van der Waals surface area contributed by atoms with Gasteiger partial charge in [-0.05, 0) is 45.2 Å². The average Bonchev–Trinajstić information content (AvgIpc) is 2.00. The van der Waals surface area contributed by atoms with Crippen LogP contribution in [0.1, 0.15) is 12.1 Å². The first-order valence-electron chi connectivity index (χ1n) is 2.81. The number of aromatic nitrogens is 1. The minimum atomic E-state index is -2.56. The molecule has 0 atom stereocenters. The van der Waals surface area contributed by atoms with Crippen LogP contribution in [-0.2, 0) is 0 Å². The standard InChI is InChI=1S/C6H2ClF2I2N/c7-3-2(10)1-12-5(4(3)11)6(8)9/h1,6H. The zero-order valence-electron chi connectivity index (χ0n) is 5.49. The lowest BCUT2D eigenvalue weighted by molar-refractivity contribution is 0.145. The molecule has 0 aromatic carbocycles. The zero-order valence-corrected chi connectivity index (χ0v) is 10.6. The van der Waals surface area contributed by atoms with Crippen molar-refractivity contribution < 1.29 is 8.78 Å². The molecule has 0 bridgehead atoms. The van der Waals surface area contributed by atoms with Crippen LogP contribution < -0.4 is 0 Å². The predicted octanol–water partition coefficient (Wildman–Crippen LogP) is 3.88. The summed E-state index contributed by atoms with van der Waals surface area (Å²) in [5, 5.41) is 0.349. The first-order chi connectivity index (χ1) is 5.54. The second-order valence-electron chi connectivity index (χ2n) is 1.92. The minimum absolute atomic E-state index is 0.249. The van der Waals surface area contributed by atoms with E-state index in [-0.39, 0.29) is 5.69 Å². The van der Waals surface area contributed by atoms with Gasteiger partial charge in [0.15, 0.2) is 0 Å². The van der Waals surface area contributed by atoms with E-state index in [1.807, 2.05) is 22.6 Å². The fourth-order valence-corrected chi connectivity index (χ4v) is 2.34. The summed E-state index contributed by atoms with van der Waals surface area (Å²) in [6, 6.07) is 0. The largest absolute Gasteiger partial charge is 0.281 e. The molecule has 0 N–H and O–H groups in total. The van der Waals surface area contributed by atoms with Crippen LogP contribution in [-0.4, -0.2) is 4.98 Å². The highest BCUT2D eigenvalue weighted by molar-refractivity contribution is 14.1. The molecule has 0 aliphatic carbocycles. The van der Waals surface area contributed by atoms with E-state index in [0.29, 0.717) is 12.2 Å². The third-order valence-electron chi connectivity index (χ3n) is 1.15. The van der Waals surface area contributed by atoms with Gasteiger partial charge in [-0.1, -0.05) is 11.6 Å². The van der Waals surface area contributed by atoms with Crippen LogP contribution in [0, 0.1) is 7.14 Å². The van der Waals surface area contributed by atoms with Gasteiger partial charge >= 0.3 is 0 Å². The number of nitrogens with zero attached hydrogens (tertiary/aromatic N) is 1. The number of alkyl halides is 2. The zero-order chi connectivity index (χ0) is 9.30. The van der Waals surface area contributed by atoms with Crippen LogP contribution in [0.4, 0.5) is 8.78 Å². The minimum Gasteiger partial charge on any atom is -0.253 e. The van der Waals surface area contributed by atoms with E-state index in [1.165, 1.54) is 6.20 Å². The number of hydrogen-bond donors (Lipinski definition) is 0. The first kappa shape index (κ1) is 10.8. The summed E-state index contributed by atoms with van der Waals surface area (Å²) in [6.07, 6.45) is -1.22. The third kappa shape index (κ3) is 2.16. The highest BCUT2D eigenvalue weighted by Gasteiger charge is 2.16. The molecule has 1 aromatic rings. The van der Waals surface area contributed by atoms with Gasteiger partial charge in [0.05, 0.1) is 12.2 Å². The second-order valence-corrected chi connectivity index (χ2v) is 4.54.